The van der Waals surface area contributed by atoms with Crippen molar-refractivity contribution in [3.63, 3.8) is 0 Å². The minimum atomic E-state index is -1.25. The zero-order valence-electron chi connectivity index (χ0n) is 10.6. The first kappa shape index (κ1) is 12.9. The lowest BCUT2D eigenvalue weighted by Gasteiger charge is -2.04. The lowest BCUT2D eigenvalue weighted by atomic mass is 10.1. The maximum absolute atomic E-state index is 13.1. The van der Waals surface area contributed by atoms with Crippen LogP contribution < -0.4 is 0 Å². The fourth-order valence-electron chi connectivity index (χ4n) is 2.06. The van der Waals surface area contributed by atoms with Gasteiger partial charge in [-0.05, 0) is 42.0 Å². The molecule has 3 aromatic rings. The van der Waals surface area contributed by atoms with Crippen LogP contribution in [0.5, 0.6) is 0 Å². The third-order valence-corrected chi connectivity index (χ3v) is 4.40. The molecule has 1 unspecified atom stereocenters. The second-order valence-corrected chi connectivity index (χ2v) is 5.93. The van der Waals surface area contributed by atoms with Gasteiger partial charge in [0, 0.05) is 16.5 Å². The molecular formula is C16H12FNOS. The van der Waals surface area contributed by atoms with Gasteiger partial charge in [-0.15, -0.1) is 0 Å². The van der Waals surface area contributed by atoms with E-state index in [9.17, 15) is 8.60 Å². The molecule has 0 aliphatic carbocycles. The largest absolute Gasteiger partial charge is 0.256 e. The Morgan fingerprint density at radius 1 is 1.05 bits per heavy atom. The van der Waals surface area contributed by atoms with E-state index in [0.717, 1.165) is 16.5 Å². The number of fused-ring (bicyclic) bond motifs is 1. The maximum Gasteiger partial charge on any atom is 0.124 e. The Hall–Kier alpha value is -2.07. The van der Waals surface area contributed by atoms with Crippen LogP contribution in [0.3, 0.4) is 0 Å². The fourth-order valence-corrected chi connectivity index (χ4v) is 3.18. The first-order valence-electron chi connectivity index (χ1n) is 6.20. The van der Waals surface area contributed by atoms with Gasteiger partial charge < -0.3 is 0 Å². The van der Waals surface area contributed by atoms with Crippen molar-refractivity contribution in [3.8, 4) is 0 Å². The van der Waals surface area contributed by atoms with E-state index >= 15 is 0 Å². The topological polar surface area (TPSA) is 30.0 Å². The van der Waals surface area contributed by atoms with Crippen molar-refractivity contribution < 1.29 is 8.60 Å². The van der Waals surface area contributed by atoms with E-state index in [1.807, 2.05) is 30.3 Å². The lowest BCUT2D eigenvalue weighted by Crippen LogP contribution is -1.97. The summed E-state index contributed by atoms with van der Waals surface area (Å²) >= 11 is 0. The minimum Gasteiger partial charge on any atom is -0.256 e. The van der Waals surface area contributed by atoms with E-state index < -0.39 is 10.8 Å². The fraction of sp³-hybridized carbons (Fsp3) is 0.0625. The molecular weight excluding hydrogens is 273 g/mol. The number of nitrogens with zero attached hydrogens (tertiary/aromatic N) is 1. The molecule has 0 radical (unpaired) electrons. The quantitative estimate of drug-likeness (QED) is 0.734. The molecule has 0 saturated heterocycles. The van der Waals surface area contributed by atoms with Crippen LogP contribution in [0.25, 0.3) is 10.9 Å². The van der Waals surface area contributed by atoms with Crippen molar-refractivity contribution in [1.29, 1.82) is 0 Å². The van der Waals surface area contributed by atoms with Gasteiger partial charge in [0.15, 0.2) is 0 Å². The van der Waals surface area contributed by atoms with E-state index in [2.05, 4.69) is 4.98 Å². The number of halogens is 1. The summed E-state index contributed by atoms with van der Waals surface area (Å²) in [5.74, 6) is 0.00689. The van der Waals surface area contributed by atoms with Crippen LogP contribution in [0.2, 0.25) is 0 Å². The Bertz CT molecular complexity index is 788. The summed E-state index contributed by atoms with van der Waals surface area (Å²) in [6.45, 7) is 0. The van der Waals surface area contributed by atoms with Crippen LogP contribution >= 0.6 is 0 Å². The zero-order valence-corrected chi connectivity index (χ0v) is 11.4. The molecule has 100 valence electrons. The molecule has 1 heterocycles. The van der Waals surface area contributed by atoms with Crippen LogP contribution in [-0.4, -0.2) is 9.19 Å². The molecule has 0 fully saturated rings. The van der Waals surface area contributed by atoms with Gasteiger partial charge >= 0.3 is 0 Å². The zero-order chi connectivity index (χ0) is 13.9. The molecule has 1 atom stereocenters. The molecule has 2 nitrogen and oxygen atoms in total. The molecule has 2 aromatic carbocycles. The van der Waals surface area contributed by atoms with Crippen molar-refractivity contribution >= 4 is 21.7 Å². The summed E-state index contributed by atoms with van der Waals surface area (Å²) in [6.07, 6.45) is 1.74. The maximum atomic E-state index is 13.1. The molecule has 20 heavy (non-hydrogen) atoms. The van der Waals surface area contributed by atoms with E-state index in [-0.39, 0.29) is 5.82 Å². The van der Waals surface area contributed by atoms with E-state index in [1.165, 1.54) is 12.1 Å². The number of hydrogen-bond donors (Lipinski definition) is 0. The van der Waals surface area contributed by atoms with Crippen LogP contribution in [0.1, 0.15) is 5.56 Å². The predicted octanol–water partition coefficient (Wildman–Crippen LogP) is 3.68. The second kappa shape index (κ2) is 5.51. The van der Waals surface area contributed by atoms with Gasteiger partial charge in [-0.1, -0.05) is 18.2 Å². The van der Waals surface area contributed by atoms with Gasteiger partial charge in [0.1, 0.15) is 5.82 Å². The number of aromatic nitrogens is 1. The number of benzene rings is 2. The Labute approximate surface area is 118 Å². The molecule has 0 saturated carbocycles. The molecule has 1 aromatic heterocycles. The number of rotatable bonds is 3. The van der Waals surface area contributed by atoms with Crippen LogP contribution in [-0.2, 0) is 16.6 Å². The average Bonchev–Trinajstić information content (AvgIpc) is 2.47. The number of hydrogen-bond acceptors (Lipinski definition) is 2. The van der Waals surface area contributed by atoms with Gasteiger partial charge in [0.05, 0.1) is 22.1 Å². The molecule has 3 rings (SSSR count). The van der Waals surface area contributed by atoms with E-state index in [0.29, 0.717) is 10.6 Å². The molecule has 0 spiro atoms. The lowest BCUT2D eigenvalue weighted by molar-refractivity contribution is 0.622. The summed E-state index contributed by atoms with van der Waals surface area (Å²) in [6, 6.07) is 15.6. The van der Waals surface area contributed by atoms with Crippen LogP contribution in [0.15, 0.2) is 65.7 Å². The Morgan fingerprint density at radius 3 is 2.80 bits per heavy atom. The number of pyridine rings is 1. The summed E-state index contributed by atoms with van der Waals surface area (Å²) in [5, 5.41) is 1.02. The summed E-state index contributed by atoms with van der Waals surface area (Å²) in [5.41, 5.74) is 1.86. The molecule has 4 heteroatoms. The van der Waals surface area contributed by atoms with E-state index in [4.69, 9.17) is 0 Å². The summed E-state index contributed by atoms with van der Waals surface area (Å²) in [4.78, 5) is 4.76. The Morgan fingerprint density at radius 2 is 1.95 bits per heavy atom. The van der Waals surface area contributed by atoms with Crippen molar-refractivity contribution in [3.05, 3.63) is 72.2 Å². The first-order valence-corrected chi connectivity index (χ1v) is 7.52. The Balaban J connectivity index is 1.87. The third-order valence-electron chi connectivity index (χ3n) is 3.02. The van der Waals surface area contributed by atoms with E-state index in [1.54, 1.807) is 18.3 Å². The summed E-state index contributed by atoms with van der Waals surface area (Å²) < 4.78 is 25.4. The second-order valence-electron chi connectivity index (χ2n) is 4.48. The molecule has 0 bridgehead atoms. The highest BCUT2D eigenvalue weighted by molar-refractivity contribution is 7.84. The standard InChI is InChI=1S/C16H12FNOS/c17-14-4-1-5-15(10-14)20(19)11-12-6-7-16-13(9-12)3-2-8-18-16/h1-10H,11H2. The highest BCUT2D eigenvalue weighted by Gasteiger charge is 2.07. The van der Waals surface area contributed by atoms with Crippen LogP contribution in [0.4, 0.5) is 4.39 Å². The van der Waals surface area contributed by atoms with Crippen molar-refractivity contribution in [2.75, 3.05) is 0 Å². The summed E-state index contributed by atoms with van der Waals surface area (Å²) in [7, 11) is -1.25. The first-order chi connectivity index (χ1) is 9.72. The van der Waals surface area contributed by atoms with Crippen molar-refractivity contribution in [2.24, 2.45) is 0 Å². The normalized spacial score (nSPS) is 12.4. The highest BCUT2D eigenvalue weighted by Crippen LogP contribution is 2.17. The third kappa shape index (κ3) is 2.75. The van der Waals surface area contributed by atoms with Crippen molar-refractivity contribution in [2.45, 2.75) is 10.6 Å². The van der Waals surface area contributed by atoms with Crippen LogP contribution in [0, 0.1) is 5.82 Å². The van der Waals surface area contributed by atoms with Gasteiger partial charge in [-0.2, -0.15) is 0 Å². The predicted molar refractivity (Wildman–Crippen MR) is 78.3 cm³/mol. The smallest absolute Gasteiger partial charge is 0.124 e. The van der Waals surface area contributed by atoms with Gasteiger partial charge in [0.25, 0.3) is 0 Å². The van der Waals surface area contributed by atoms with Gasteiger partial charge in [0.2, 0.25) is 0 Å². The van der Waals surface area contributed by atoms with Gasteiger partial charge in [-0.25, -0.2) is 4.39 Å². The highest BCUT2D eigenvalue weighted by atomic mass is 32.2. The molecule has 0 aliphatic rings. The molecule has 0 amide bonds. The average molecular weight is 285 g/mol. The molecule has 0 aliphatic heterocycles. The SMILES string of the molecule is O=S(Cc1ccc2ncccc2c1)c1cccc(F)c1. The van der Waals surface area contributed by atoms with Crippen molar-refractivity contribution in [1.82, 2.24) is 4.98 Å². The minimum absolute atomic E-state index is 0.362. The molecule has 0 N–H and O–H groups in total. The van der Waals surface area contributed by atoms with Gasteiger partial charge in [-0.3, -0.25) is 9.19 Å². The Kier molecular flexibility index (Phi) is 3.56. The monoisotopic (exact) mass is 285 g/mol.